The molecule has 0 spiro atoms. The molecule has 36 heavy (non-hydrogen) atoms. The summed E-state index contributed by atoms with van der Waals surface area (Å²) in [6, 6.07) is 10.5. The topological polar surface area (TPSA) is 98.0 Å². The van der Waals surface area contributed by atoms with Crippen LogP contribution in [0.15, 0.2) is 60.9 Å². The summed E-state index contributed by atoms with van der Waals surface area (Å²) in [7, 11) is -3.47. The lowest BCUT2D eigenvalue weighted by molar-refractivity contribution is -0.137. The van der Waals surface area contributed by atoms with Gasteiger partial charge >= 0.3 is 6.18 Å². The number of nitrogens with two attached hydrogens (primary N) is 1. The van der Waals surface area contributed by atoms with Gasteiger partial charge in [-0.25, -0.2) is 18.4 Å². The van der Waals surface area contributed by atoms with Gasteiger partial charge in [-0.15, -0.1) is 0 Å². The number of halogens is 4. The second-order valence-electron chi connectivity index (χ2n) is 8.46. The van der Waals surface area contributed by atoms with Crippen LogP contribution in [0.3, 0.4) is 0 Å². The van der Waals surface area contributed by atoms with E-state index in [4.69, 9.17) is 5.73 Å². The highest BCUT2D eigenvalue weighted by Gasteiger charge is 2.31. The van der Waals surface area contributed by atoms with Crippen molar-refractivity contribution < 1.29 is 26.0 Å². The molecule has 4 aromatic rings. The predicted molar refractivity (Wildman–Crippen MR) is 133 cm³/mol. The Labute approximate surface area is 209 Å². The maximum absolute atomic E-state index is 13.5. The molecule has 2 heterocycles. The molecule has 4 rings (SSSR count). The van der Waals surface area contributed by atoms with Gasteiger partial charge in [0, 0.05) is 48.6 Å². The molecule has 0 aliphatic rings. The Kier molecular flexibility index (Phi) is 7.30. The molecular formula is C24H22F4N4O2S2. The summed E-state index contributed by atoms with van der Waals surface area (Å²) >= 11 is 1.34. The smallest absolute Gasteiger partial charge is 0.360 e. The number of alkyl halides is 3. The first kappa shape index (κ1) is 26.0. The number of pyridine rings is 1. The lowest BCUT2D eigenvalue weighted by Crippen LogP contribution is -2.38. The minimum absolute atomic E-state index is 0.142. The Hall–Kier alpha value is -3.09. The number of anilines is 1. The van der Waals surface area contributed by atoms with Gasteiger partial charge in [0.15, 0.2) is 5.13 Å². The average molecular weight is 539 g/mol. The maximum Gasteiger partial charge on any atom is 0.416 e. The van der Waals surface area contributed by atoms with Crippen LogP contribution >= 0.6 is 11.3 Å². The second-order valence-corrected chi connectivity index (χ2v) is 11.7. The van der Waals surface area contributed by atoms with E-state index < -0.39 is 39.5 Å². The minimum Gasteiger partial charge on any atom is -0.360 e. The highest BCUT2D eigenvalue weighted by atomic mass is 32.2. The number of hydrogen-bond donors (Lipinski definition) is 2. The monoisotopic (exact) mass is 538 g/mol. The molecule has 3 N–H and O–H groups in total. The van der Waals surface area contributed by atoms with Crippen molar-refractivity contribution in [3.63, 3.8) is 0 Å². The van der Waals surface area contributed by atoms with Crippen molar-refractivity contribution >= 4 is 37.1 Å². The Balaban J connectivity index is 1.49. The number of thiazole rings is 1. The third-order valence-corrected chi connectivity index (χ3v) is 7.60. The fourth-order valence-electron chi connectivity index (χ4n) is 3.82. The molecule has 12 heteroatoms. The summed E-state index contributed by atoms with van der Waals surface area (Å²) in [5.74, 6) is -1.61. The fraction of sp³-hybridized carbons (Fsp3) is 0.250. The fourth-order valence-corrected chi connectivity index (χ4v) is 5.73. The van der Waals surface area contributed by atoms with Crippen LogP contribution < -0.4 is 11.1 Å². The zero-order chi connectivity index (χ0) is 26.1. The van der Waals surface area contributed by atoms with Crippen LogP contribution in [0.5, 0.6) is 0 Å². The first-order valence-electron chi connectivity index (χ1n) is 10.7. The van der Waals surface area contributed by atoms with E-state index in [0.717, 1.165) is 34.2 Å². The number of nitrogens with one attached hydrogen (secondary N) is 1. The van der Waals surface area contributed by atoms with E-state index in [1.807, 2.05) is 18.2 Å². The molecule has 190 valence electrons. The van der Waals surface area contributed by atoms with E-state index in [-0.39, 0.29) is 12.3 Å². The molecule has 0 amide bonds. The average Bonchev–Trinajstić information content (AvgIpc) is 3.28. The number of aromatic nitrogens is 2. The van der Waals surface area contributed by atoms with Gasteiger partial charge in [-0.3, -0.25) is 0 Å². The zero-order valence-electron chi connectivity index (χ0n) is 19.0. The molecule has 0 aliphatic carbocycles. The van der Waals surface area contributed by atoms with Crippen LogP contribution in [-0.2, 0) is 16.0 Å². The van der Waals surface area contributed by atoms with Crippen LogP contribution in [0.4, 0.5) is 22.7 Å². The molecule has 2 unspecified atom stereocenters. The summed E-state index contributed by atoms with van der Waals surface area (Å²) in [5, 5.41) is 5.12. The molecule has 2 aromatic heterocycles. The van der Waals surface area contributed by atoms with Crippen LogP contribution in [-0.4, -0.2) is 43.0 Å². The predicted octanol–water partition coefficient (Wildman–Crippen LogP) is 5.08. The Morgan fingerprint density at radius 2 is 1.75 bits per heavy atom. The van der Waals surface area contributed by atoms with Gasteiger partial charge < -0.3 is 11.1 Å². The number of nitrogens with zero attached hydrogens (tertiary/aromatic N) is 2. The number of hydrogen-bond acceptors (Lipinski definition) is 7. The molecule has 2 aromatic carbocycles. The largest absolute Gasteiger partial charge is 0.416 e. The number of sulfone groups is 1. The summed E-state index contributed by atoms with van der Waals surface area (Å²) in [6.07, 6.45) is -0.323. The number of benzene rings is 2. The van der Waals surface area contributed by atoms with Gasteiger partial charge in [-0.05, 0) is 34.7 Å². The van der Waals surface area contributed by atoms with Crippen LogP contribution in [0, 0.1) is 5.95 Å². The van der Waals surface area contributed by atoms with Gasteiger partial charge in [-0.2, -0.15) is 17.6 Å². The standard InChI is InChI=1S/C24H22F4N4O2S2/c1-36(33,34)13-19(14-4-6-18(7-5-14)24(26,27)28)20(29)11-31-23-32-12-21(35-23)15-2-3-16-10-30-22(25)9-17(16)8-15/h2-10,12,19-20H,11,13,29H2,1H3,(H,31,32). The number of fused-ring (bicyclic) bond motifs is 1. The molecule has 2 atom stereocenters. The van der Waals surface area contributed by atoms with E-state index in [0.29, 0.717) is 16.1 Å². The highest BCUT2D eigenvalue weighted by Crippen LogP contribution is 2.33. The first-order chi connectivity index (χ1) is 16.9. The van der Waals surface area contributed by atoms with E-state index >= 15 is 0 Å². The van der Waals surface area contributed by atoms with Crippen LogP contribution in [0.25, 0.3) is 21.2 Å². The van der Waals surface area contributed by atoms with Crippen molar-refractivity contribution in [2.24, 2.45) is 5.73 Å². The van der Waals surface area contributed by atoms with Crippen molar-refractivity contribution in [1.82, 2.24) is 9.97 Å². The lowest BCUT2D eigenvalue weighted by atomic mass is 9.93. The normalized spacial score (nSPS) is 14.1. The molecule has 0 radical (unpaired) electrons. The van der Waals surface area contributed by atoms with Crippen molar-refractivity contribution in [1.29, 1.82) is 0 Å². The van der Waals surface area contributed by atoms with Crippen molar-refractivity contribution in [2.75, 3.05) is 23.9 Å². The Morgan fingerprint density at radius 3 is 2.42 bits per heavy atom. The summed E-state index contributed by atoms with van der Waals surface area (Å²) in [4.78, 5) is 8.79. The van der Waals surface area contributed by atoms with Gasteiger partial charge in [-0.1, -0.05) is 35.6 Å². The van der Waals surface area contributed by atoms with E-state index in [2.05, 4.69) is 15.3 Å². The molecule has 6 nitrogen and oxygen atoms in total. The number of rotatable bonds is 8. The maximum atomic E-state index is 13.5. The molecule has 0 fully saturated rings. The van der Waals surface area contributed by atoms with Crippen LogP contribution in [0.2, 0.25) is 0 Å². The van der Waals surface area contributed by atoms with Crippen molar-refractivity contribution in [2.45, 2.75) is 18.1 Å². The van der Waals surface area contributed by atoms with Crippen molar-refractivity contribution in [3.8, 4) is 10.4 Å². The minimum atomic E-state index is -4.49. The van der Waals surface area contributed by atoms with E-state index in [9.17, 15) is 26.0 Å². The van der Waals surface area contributed by atoms with Gasteiger partial charge in [0.2, 0.25) is 5.95 Å². The molecule has 0 bridgehead atoms. The summed E-state index contributed by atoms with van der Waals surface area (Å²) in [6.45, 7) is 0.142. The third kappa shape index (κ3) is 6.37. The molecule has 0 saturated carbocycles. The SMILES string of the molecule is CS(=O)(=O)CC(c1ccc(C(F)(F)F)cc1)C(N)CNc1ncc(-c2ccc3cnc(F)cc3c2)s1. The summed E-state index contributed by atoms with van der Waals surface area (Å²) < 4.78 is 76.3. The zero-order valence-corrected chi connectivity index (χ0v) is 20.6. The quantitative estimate of drug-likeness (QED) is 0.240. The van der Waals surface area contributed by atoms with Gasteiger partial charge in [0.05, 0.1) is 16.2 Å². The lowest BCUT2D eigenvalue weighted by Gasteiger charge is -2.24. The van der Waals surface area contributed by atoms with Crippen LogP contribution in [0.1, 0.15) is 17.0 Å². The molecule has 0 aliphatic heterocycles. The Morgan fingerprint density at radius 1 is 1.03 bits per heavy atom. The van der Waals surface area contributed by atoms with Crippen molar-refractivity contribution in [3.05, 3.63) is 78.0 Å². The molecule has 0 saturated heterocycles. The van der Waals surface area contributed by atoms with E-state index in [1.54, 1.807) is 6.20 Å². The van der Waals surface area contributed by atoms with E-state index in [1.165, 1.54) is 35.7 Å². The van der Waals surface area contributed by atoms with Gasteiger partial charge in [0.25, 0.3) is 0 Å². The highest BCUT2D eigenvalue weighted by molar-refractivity contribution is 7.90. The first-order valence-corrected chi connectivity index (χ1v) is 13.6. The third-order valence-electron chi connectivity index (χ3n) is 5.63. The van der Waals surface area contributed by atoms with Gasteiger partial charge in [0.1, 0.15) is 9.84 Å². The second kappa shape index (κ2) is 10.1. The molecular weight excluding hydrogens is 516 g/mol. The summed E-state index contributed by atoms with van der Waals surface area (Å²) in [5.41, 5.74) is 6.73. The Bertz CT molecular complexity index is 1470.